The molecule has 2 nitrogen and oxygen atoms in total. The van der Waals surface area contributed by atoms with Crippen molar-refractivity contribution in [3.8, 4) is 0 Å². The standard InChI is InChI=1S/C10H19NOS/c1-10(7-12)5-8(6-11-10)9-3-2-4-13-9/h8-9,11-12H,2-7H2,1H3. The van der Waals surface area contributed by atoms with Crippen LogP contribution in [0.2, 0.25) is 0 Å². The van der Waals surface area contributed by atoms with Gasteiger partial charge in [0.1, 0.15) is 0 Å². The molecule has 2 heterocycles. The maximum absolute atomic E-state index is 9.22. The summed E-state index contributed by atoms with van der Waals surface area (Å²) in [5, 5.41) is 13.5. The number of aliphatic hydroxyl groups excluding tert-OH is 1. The Morgan fingerprint density at radius 1 is 1.62 bits per heavy atom. The SMILES string of the molecule is CC1(CO)CC(C2CCCS2)CN1. The second-order valence-electron chi connectivity index (χ2n) is 4.62. The molecule has 0 aromatic rings. The van der Waals surface area contributed by atoms with Crippen LogP contribution >= 0.6 is 11.8 Å². The molecular weight excluding hydrogens is 182 g/mol. The van der Waals surface area contributed by atoms with Crippen LogP contribution in [0.15, 0.2) is 0 Å². The van der Waals surface area contributed by atoms with Gasteiger partial charge in [0.2, 0.25) is 0 Å². The smallest absolute Gasteiger partial charge is 0.0610 e. The van der Waals surface area contributed by atoms with Crippen molar-refractivity contribution < 1.29 is 5.11 Å². The maximum Gasteiger partial charge on any atom is 0.0610 e. The van der Waals surface area contributed by atoms with E-state index < -0.39 is 0 Å². The first-order valence-electron chi connectivity index (χ1n) is 5.21. The monoisotopic (exact) mass is 201 g/mol. The van der Waals surface area contributed by atoms with Crippen molar-refractivity contribution in [2.75, 3.05) is 18.9 Å². The quantitative estimate of drug-likeness (QED) is 0.705. The summed E-state index contributed by atoms with van der Waals surface area (Å²) in [6.45, 7) is 3.52. The fraction of sp³-hybridized carbons (Fsp3) is 1.00. The topological polar surface area (TPSA) is 32.3 Å². The lowest BCUT2D eigenvalue weighted by Crippen LogP contribution is -2.39. The Kier molecular flexibility index (Phi) is 2.86. The minimum Gasteiger partial charge on any atom is -0.394 e. The predicted octanol–water partition coefficient (Wildman–Crippen LogP) is 1.24. The lowest BCUT2D eigenvalue weighted by molar-refractivity contribution is 0.189. The highest BCUT2D eigenvalue weighted by atomic mass is 32.2. The van der Waals surface area contributed by atoms with E-state index in [9.17, 15) is 5.11 Å². The van der Waals surface area contributed by atoms with Crippen LogP contribution in [0.1, 0.15) is 26.2 Å². The van der Waals surface area contributed by atoms with Gasteiger partial charge in [0.05, 0.1) is 6.61 Å². The minimum absolute atomic E-state index is 0.00775. The largest absolute Gasteiger partial charge is 0.394 e. The Morgan fingerprint density at radius 2 is 2.46 bits per heavy atom. The van der Waals surface area contributed by atoms with E-state index in [1.165, 1.54) is 18.6 Å². The summed E-state index contributed by atoms with van der Waals surface area (Å²) < 4.78 is 0. The van der Waals surface area contributed by atoms with E-state index in [0.29, 0.717) is 0 Å². The molecule has 0 aromatic carbocycles. The van der Waals surface area contributed by atoms with E-state index in [4.69, 9.17) is 0 Å². The third-order valence-corrected chi connectivity index (χ3v) is 4.92. The Labute approximate surface area is 84.5 Å². The molecule has 3 heteroatoms. The van der Waals surface area contributed by atoms with Gasteiger partial charge in [-0.2, -0.15) is 11.8 Å². The van der Waals surface area contributed by atoms with Gasteiger partial charge in [-0.3, -0.25) is 0 Å². The molecule has 2 fully saturated rings. The molecule has 0 aliphatic carbocycles. The molecule has 2 aliphatic rings. The van der Waals surface area contributed by atoms with Crippen LogP contribution < -0.4 is 5.32 Å². The summed E-state index contributed by atoms with van der Waals surface area (Å²) in [7, 11) is 0. The predicted molar refractivity (Wildman–Crippen MR) is 57.1 cm³/mol. The Morgan fingerprint density at radius 3 is 3.00 bits per heavy atom. The zero-order valence-corrected chi connectivity index (χ0v) is 9.07. The average Bonchev–Trinajstić information content (AvgIpc) is 2.73. The van der Waals surface area contributed by atoms with Gasteiger partial charge < -0.3 is 10.4 Å². The van der Waals surface area contributed by atoms with E-state index in [0.717, 1.165) is 24.1 Å². The normalized spacial score (nSPS) is 45.7. The van der Waals surface area contributed by atoms with E-state index in [2.05, 4.69) is 24.0 Å². The molecule has 3 unspecified atom stereocenters. The first-order valence-corrected chi connectivity index (χ1v) is 6.26. The zero-order valence-electron chi connectivity index (χ0n) is 8.25. The van der Waals surface area contributed by atoms with Gasteiger partial charge in [-0.1, -0.05) is 0 Å². The van der Waals surface area contributed by atoms with E-state index >= 15 is 0 Å². The molecule has 0 amide bonds. The van der Waals surface area contributed by atoms with Crippen LogP contribution in [0, 0.1) is 5.92 Å². The number of aliphatic hydroxyl groups is 1. The number of nitrogens with one attached hydrogen (secondary N) is 1. The van der Waals surface area contributed by atoms with Gasteiger partial charge in [0.25, 0.3) is 0 Å². The third kappa shape index (κ3) is 2.03. The van der Waals surface area contributed by atoms with Gasteiger partial charge in [-0.15, -0.1) is 0 Å². The van der Waals surface area contributed by atoms with Crippen LogP contribution in [0.25, 0.3) is 0 Å². The summed E-state index contributed by atoms with van der Waals surface area (Å²) >= 11 is 2.13. The number of hydrogen-bond donors (Lipinski definition) is 2. The molecule has 0 spiro atoms. The van der Waals surface area contributed by atoms with Gasteiger partial charge >= 0.3 is 0 Å². The Balaban J connectivity index is 1.90. The van der Waals surface area contributed by atoms with Crippen molar-refractivity contribution >= 4 is 11.8 Å². The van der Waals surface area contributed by atoms with E-state index in [1.807, 2.05) is 0 Å². The lowest BCUT2D eigenvalue weighted by Gasteiger charge is -2.22. The molecule has 0 aromatic heterocycles. The van der Waals surface area contributed by atoms with Crippen molar-refractivity contribution in [1.29, 1.82) is 0 Å². The number of rotatable bonds is 2. The summed E-state index contributed by atoms with van der Waals surface area (Å²) in [6, 6.07) is 0. The molecule has 2 aliphatic heterocycles. The van der Waals surface area contributed by atoms with Crippen molar-refractivity contribution in [3.05, 3.63) is 0 Å². The summed E-state index contributed by atoms with van der Waals surface area (Å²) in [6.07, 6.45) is 3.93. The summed E-state index contributed by atoms with van der Waals surface area (Å²) in [5.41, 5.74) is 0.00775. The van der Waals surface area contributed by atoms with E-state index in [1.54, 1.807) is 0 Å². The van der Waals surface area contributed by atoms with Crippen LogP contribution in [0.3, 0.4) is 0 Å². The third-order valence-electron chi connectivity index (χ3n) is 3.34. The molecule has 0 saturated carbocycles. The number of hydrogen-bond acceptors (Lipinski definition) is 3. The van der Waals surface area contributed by atoms with Crippen LogP contribution in [0.4, 0.5) is 0 Å². The summed E-state index contributed by atoms with van der Waals surface area (Å²) in [4.78, 5) is 0. The van der Waals surface area contributed by atoms with Crippen LogP contribution in [-0.2, 0) is 0 Å². The molecule has 2 N–H and O–H groups in total. The van der Waals surface area contributed by atoms with E-state index in [-0.39, 0.29) is 12.1 Å². The maximum atomic E-state index is 9.22. The van der Waals surface area contributed by atoms with Gasteiger partial charge in [0, 0.05) is 10.8 Å². The lowest BCUT2D eigenvalue weighted by atomic mass is 9.92. The average molecular weight is 201 g/mol. The summed E-state index contributed by atoms with van der Waals surface area (Å²) in [5.74, 6) is 2.14. The van der Waals surface area contributed by atoms with Crippen molar-refractivity contribution in [2.24, 2.45) is 5.92 Å². The van der Waals surface area contributed by atoms with Gasteiger partial charge in [-0.05, 0) is 44.4 Å². The molecule has 3 atom stereocenters. The molecule has 2 rings (SSSR count). The minimum atomic E-state index is 0.00775. The van der Waals surface area contributed by atoms with Crippen molar-refractivity contribution in [2.45, 2.75) is 37.0 Å². The highest BCUT2D eigenvalue weighted by Crippen LogP contribution is 2.38. The highest BCUT2D eigenvalue weighted by Gasteiger charge is 2.38. The second kappa shape index (κ2) is 3.79. The molecule has 0 bridgehead atoms. The van der Waals surface area contributed by atoms with Crippen LogP contribution in [-0.4, -0.2) is 34.8 Å². The first kappa shape index (κ1) is 9.81. The Bertz CT molecular complexity index is 182. The Hall–Kier alpha value is 0.270. The molecule has 2 saturated heterocycles. The first-order chi connectivity index (χ1) is 6.23. The molecule has 0 radical (unpaired) electrons. The highest BCUT2D eigenvalue weighted by molar-refractivity contribution is 8.00. The zero-order chi connectivity index (χ0) is 9.31. The molecule has 76 valence electrons. The van der Waals surface area contributed by atoms with Crippen molar-refractivity contribution in [1.82, 2.24) is 5.32 Å². The fourth-order valence-electron chi connectivity index (χ4n) is 2.46. The molecule has 13 heavy (non-hydrogen) atoms. The van der Waals surface area contributed by atoms with Crippen molar-refractivity contribution in [3.63, 3.8) is 0 Å². The van der Waals surface area contributed by atoms with Gasteiger partial charge in [-0.25, -0.2) is 0 Å². The number of thioether (sulfide) groups is 1. The second-order valence-corrected chi connectivity index (χ2v) is 5.96. The van der Waals surface area contributed by atoms with Gasteiger partial charge in [0.15, 0.2) is 0 Å². The molecular formula is C10H19NOS. The fourth-order valence-corrected chi connectivity index (χ4v) is 3.89. The van der Waals surface area contributed by atoms with Crippen LogP contribution in [0.5, 0.6) is 0 Å².